The molecule has 2 heterocycles. The zero-order valence-electron chi connectivity index (χ0n) is 17.2. The number of methoxy groups -OCH3 is 1. The van der Waals surface area contributed by atoms with Gasteiger partial charge in [0.15, 0.2) is 0 Å². The molecule has 156 valence electrons. The maximum Gasteiger partial charge on any atom is 0.255 e. The summed E-state index contributed by atoms with van der Waals surface area (Å²) in [7, 11) is 1.61. The quantitative estimate of drug-likeness (QED) is 0.711. The average Bonchev–Trinajstić information content (AvgIpc) is 2.74. The lowest BCUT2D eigenvalue weighted by atomic mass is 9.85. The Bertz CT molecular complexity index is 1070. The summed E-state index contributed by atoms with van der Waals surface area (Å²) in [6.07, 6.45) is 1.40. The van der Waals surface area contributed by atoms with Gasteiger partial charge in [0.2, 0.25) is 0 Å². The molecule has 30 heavy (non-hydrogen) atoms. The Hall–Kier alpha value is -2.99. The van der Waals surface area contributed by atoms with Crippen molar-refractivity contribution in [2.75, 3.05) is 20.2 Å². The van der Waals surface area contributed by atoms with Crippen LogP contribution in [0, 0.1) is 12.7 Å². The minimum atomic E-state index is -0.890. The number of halogens is 1. The van der Waals surface area contributed by atoms with Crippen LogP contribution in [0.4, 0.5) is 4.39 Å². The number of ether oxygens (including phenoxy) is 1. The van der Waals surface area contributed by atoms with E-state index < -0.39 is 5.60 Å². The monoisotopic (exact) mass is 408 g/mol. The number of fused-ring (bicyclic) bond motifs is 1. The van der Waals surface area contributed by atoms with Gasteiger partial charge in [0.25, 0.3) is 5.91 Å². The highest BCUT2D eigenvalue weighted by Crippen LogP contribution is 2.29. The topological polar surface area (TPSA) is 62.7 Å². The van der Waals surface area contributed by atoms with E-state index in [0.29, 0.717) is 43.6 Å². The zero-order valence-corrected chi connectivity index (χ0v) is 17.2. The van der Waals surface area contributed by atoms with Crippen LogP contribution in [0.5, 0.6) is 5.75 Å². The molecule has 0 spiro atoms. The number of pyridine rings is 1. The molecule has 0 aliphatic carbocycles. The summed E-state index contributed by atoms with van der Waals surface area (Å²) >= 11 is 0. The molecule has 0 bridgehead atoms. The van der Waals surface area contributed by atoms with E-state index in [1.54, 1.807) is 24.1 Å². The Morgan fingerprint density at radius 3 is 2.53 bits per heavy atom. The van der Waals surface area contributed by atoms with Crippen LogP contribution in [-0.2, 0) is 6.42 Å². The summed E-state index contributed by atoms with van der Waals surface area (Å²) in [5, 5.41) is 11.8. The van der Waals surface area contributed by atoms with E-state index >= 15 is 0 Å². The van der Waals surface area contributed by atoms with Crippen LogP contribution in [-0.4, -0.2) is 46.7 Å². The van der Waals surface area contributed by atoms with Gasteiger partial charge in [-0.05, 0) is 61.7 Å². The number of likely N-dealkylation sites (tertiary alicyclic amines) is 1. The molecular formula is C24H25FN2O3. The second kappa shape index (κ2) is 8.03. The van der Waals surface area contributed by atoms with Crippen molar-refractivity contribution >= 4 is 16.8 Å². The van der Waals surface area contributed by atoms with Crippen LogP contribution in [0.3, 0.4) is 0 Å². The summed E-state index contributed by atoms with van der Waals surface area (Å²) in [4.78, 5) is 19.5. The van der Waals surface area contributed by atoms with Crippen molar-refractivity contribution < 1.29 is 19.0 Å². The summed E-state index contributed by atoms with van der Waals surface area (Å²) in [5.74, 6) is 0.354. The number of carbonyl (C=O) groups is 1. The maximum atomic E-state index is 13.2. The number of aromatic nitrogens is 1. The smallest absolute Gasteiger partial charge is 0.255 e. The fraction of sp³-hybridized carbons (Fsp3) is 0.333. The second-order valence-electron chi connectivity index (χ2n) is 8.00. The molecule has 1 fully saturated rings. The molecule has 3 aromatic rings. The van der Waals surface area contributed by atoms with Gasteiger partial charge in [0, 0.05) is 24.9 Å². The minimum Gasteiger partial charge on any atom is -0.497 e. The standard InChI is InChI=1S/C24H25FN2O3/c1-16-21(14-18-13-20(30-2)7-8-22(18)26-16)23(28)27-11-9-24(29,10-12-27)15-17-3-5-19(25)6-4-17/h3-8,13-14,29H,9-12,15H2,1-2H3. The minimum absolute atomic E-state index is 0.0754. The van der Waals surface area contributed by atoms with Crippen LogP contribution < -0.4 is 4.74 Å². The number of aliphatic hydroxyl groups is 1. The van der Waals surface area contributed by atoms with Crippen molar-refractivity contribution in [3.8, 4) is 5.75 Å². The lowest BCUT2D eigenvalue weighted by molar-refractivity contribution is -0.0162. The molecule has 1 aliphatic heterocycles. The molecule has 1 saturated heterocycles. The second-order valence-corrected chi connectivity index (χ2v) is 8.00. The third kappa shape index (κ3) is 4.14. The third-order valence-corrected chi connectivity index (χ3v) is 5.87. The van der Waals surface area contributed by atoms with Gasteiger partial charge < -0.3 is 14.7 Å². The fourth-order valence-corrected chi connectivity index (χ4v) is 4.05. The van der Waals surface area contributed by atoms with Crippen molar-refractivity contribution in [3.05, 3.63) is 71.2 Å². The van der Waals surface area contributed by atoms with Crippen LogP contribution in [0.25, 0.3) is 10.9 Å². The van der Waals surface area contributed by atoms with Crippen molar-refractivity contribution in [1.82, 2.24) is 9.88 Å². The van der Waals surface area contributed by atoms with E-state index in [1.807, 2.05) is 31.2 Å². The molecule has 0 saturated carbocycles. The number of hydrogen-bond acceptors (Lipinski definition) is 4. The molecule has 0 radical (unpaired) electrons. The first-order chi connectivity index (χ1) is 14.4. The maximum absolute atomic E-state index is 13.2. The van der Waals surface area contributed by atoms with Crippen LogP contribution in [0.1, 0.15) is 34.5 Å². The van der Waals surface area contributed by atoms with Crippen LogP contribution in [0.2, 0.25) is 0 Å². The van der Waals surface area contributed by atoms with Gasteiger partial charge in [-0.2, -0.15) is 0 Å². The molecule has 1 amide bonds. The lowest BCUT2D eigenvalue weighted by Crippen LogP contribution is -2.47. The van der Waals surface area contributed by atoms with Crippen molar-refractivity contribution in [3.63, 3.8) is 0 Å². The fourth-order valence-electron chi connectivity index (χ4n) is 4.05. The third-order valence-electron chi connectivity index (χ3n) is 5.87. The highest BCUT2D eigenvalue weighted by molar-refractivity contribution is 5.98. The van der Waals surface area contributed by atoms with Crippen molar-refractivity contribution in [1.29, 1.82) is 0 Å². The molecule has 1 aromatic heterocycles. The Morgan fingerprint density at radius 2 is 1.87 bits per heavy atom. The Labute approximate surface area is 175 Å². The Morgan fingerprint density at radius 1 is 1.17 bits per heavy atom. The number of benzene rings is 2. The summed E-state index contributed by atoms with van der Waals surface area (Å²) in [6, 6.07) is 13.7. The number of piperidine rings is 1. The highest BCUT2D eigenvalue weighted by atomic mass is 19.1. The first-order valence-electron chi connectivity index (χ1n) is 10.1. The van der Waals surface area contributed by atoms with Crippen molar-refractivity contribution in [2.45, 2.75) is 31.8 Å². The first-order valence-corrected chi connectivity index (χ1v) is 10.1. The molecule has 1 aliphatic rings. The number of aryl methyl sites for hydroxylation is 1. The average molecular weight is 408 g/mol. The van der Waals surface area contributed by atoms with Gasteiger partial charge in [0.05, 0.1) is 29.5 Å². The van der Waals surface area contributed by atoms with E-state index in [9.17, 15) is 14.3 Å². The predicted molar refractivity (Wildman–Crippen MR) is 113 cm³/mol. The summed E-state index contributed by atoms with van der Waals surface area (Å²) in [6.45, 7) is 2.77. The first kappa shape index (κ1) is 20.3. The van der Waals surface area contributed by atoms with E-state index in [2.05, 4.69) is 4.98 Å². The van der Waals surface area contributed by atoms with Gasteiger partial charge in [-0.25, -0.2) is 4.39 Å². The molecule has 1 N–H and O–H groups in total. The number of amides is 1. The number of rotatable bonds is 4. The van der Waals surface area contributed by atoms with Gasteiger partial charge >= 0.3 is 0 Å². The molecule has 0 atom stereocenters. The SMILES string of the molecule is COc1ccc2nc(C)c(C(=O)N3CCC(O)(Cc4ccc(F)cc4)CC3)cc2c1. The summed E-state index contributed by atoms with van der Waals surface area (Å²) in [5.41, 5.74) is 2.07. The number of hydrogen-bond donors (Lipinski definition) is 1. The largest absolute Gasteiger partial charge is 0.497 e. The normalized spacial score (nSPS) is 15.9. The highest BCUT2D eigenvalue weighted by Gasteiger charge is 2.34. The van der Waals surface area contributed by atoms with E-state index in [-0.39, 0.29) is 11.7 Å². The van der Waals surface area contributed by atoms with Gasteiger partial charge in [-0.15, -0.1) is 0 Å². The van der Waals surface area contributed by atoms with Gasteiger partial charge in [0.1, 0.15) is 11.6 Å². The van der Waals surface area contributed by atoms with E-state index in [0.717, 1.165) is 22.2 Å². The molecule has 6 heteroatoms. The number of carbonyl (C=O) groups excluding carboxylic acids is 1. The molecule has 5 nitrogen and oxygen atoms in total. The zero-order chi connectivity index (χ0) is 21.3. The predicted octanol–water partition coefficient (Wildman–Crippen LogP) is 3.90. The Balaban J connectivity index is 1.48. The molecule has 2 aromatic carbocycles. The van der Waals surface area contributed by atoms with E-state index in [4.69, 9.17) is 4.74 Å². The van der Waals surface area contributed by atoms with Crippen LogP contribution in [0.15, 0.2) is 48.5 Å². The van der Waals surface area contributed by atoms with E-state index in [1.165, 1.54) is 12.1 Å². The molecule has 4 rings (SSSR count). The van der Waals surface area contributed by atoms with Crippen LogP contribution >= 0.6 is 0 Å². The molecular weight excluding hydrogens is 383 g/mol. The summed E-state index contributed by atoms with van der Waals surface area (Å²) < 4.78 is 18.4. The van der Waals surface area contributed by atoms with Gasteiger partial charge in [-0.1, -0.05) is 12.1 Å². The molecule has 0 unspecified atom stereocenters. The number of nitrogens with zero attached hydrogens (tertiary/aromatic N) is 2. The van der Waals surface area contributed by atoms with Gasteiger partial charge in [-0.3, -0.25) is 9.78 Å². The van der Waals surface area contributed by atoms with Crippen molar-refractivity contribution in [2.24, 2.45) is 0 Å². The lowest BCUT2D eigenvalue weighted by Gasteiger charge is -2.38. The Kier molecular flexibility index (Phi) is 5.43.